The summed E-state index contributed by atoms with van der Waals surface area (Å²) in [5.41, 5.74) is 7.75. The Morgan fingerprint density at radius 3 is 2.32 bits per heavy atom. The number of ether oxygens (including phenoxy) is 2. The Hall–Kier alpha value is -4.42. The summed E-state index contributed by atoms with van der Waals surface area (Å²) in [6, 6.07) is 19.3. The lowest BCUT2D eigenvalue weighted by atomic mass is 9.94. The third-order valence-corrected chi connectivity index (χ3v) is 6.68. The highest BCUT2D eigenvalue weighted by Gasteiger charge is 2.12. The molecule has 3 aromatic carbocycles. The second-order valence-electron chi connectivity index (χ2n) is 10.3. The fourth-order valence-corrected chi connectivity index (χ4v) is 4.67. The average Bonchev–Trinajstić information content (AvgIpc) is 3.30. The van der Waals surface area contributed by atoms with E-state index in [9.17, 15) is 17.6 Å². The van der Waals surface area contributed by atoms with Crippen LogP contribution in [0.15, 0.2) is 60.7 Å². The minimum Gasteiger partial charge on any atom is -0.487 e. The Morgan fingerprint density at radius 1 is 1.05 bits per heavy atom. The number of halogens is 1. The van der Waals surface area contributed by atoms with Crippen molar-refractivity contribution in [2.45, 2.75) is 39.7 Å². The average molecular weight is 628 g/mol. The molecule has 0 saturated heterocycles. The lowest BCUT2D eigenvalue weighted by Gasteiger charge is -2.15. The molecule has 4 aromatic rings. The number of carboxylic acid groups (broad SMARTS) is 1. The van der Waals surface area contributed by atoms with Crippen molar-refractivity contribution in [3.8, 4) is 22.8 Å². The van der Waals surface area contributed by atoms with Gasteiger partial charge >= 0.3 is 5.97 Å². The molecule has 0 unspecified atom stereocenters. The van der Waals surface area contributed by atoms with E-state index in [0.29, 0.717) is 36.5 Å². The van der Waals surface area contributed by atoms with Crippen molar-refractivity contribution in [2.75, 3.05) is 25.2 Å². The lowest BCUT2D eigenvalue weighted by molar-refractivity contribution is -0.136. The van der Waals surface area contributed by atoms with Gasteiger partial charge in [-0.2, -0.15) is 8.42 Å². The fraction of sp³-hybridized carbons (Fsp3) is 0.312. The number of nitrogens with zero attached hydrogens (tertiary/aromatic N) is 2. The summed E-state index contributed by atoms with van der Waals surface area (Å²) < 4.78 is 53.2. The number of benzene rings is 3. The van der Waals surface area contributed by atoms with Crippen molar-refractivity contribution in [2.24, 2.45) is 7.05 Å². The number of hydrogen-bond acceptors (Lipinski definition) is 7. The molecule has 0 bridgehead atoms. The van der Waals surface area contributed by atoms with Gasteiger partial charge in [-0.3, -0.25) is 14.0 Å². The maximum Gasteiger partial charge on any atom is 0.303 e. The number of aromatic nitrogens is 2. The molecule has 236 valence electrons. The molecular formula is C32H38FN3O7S. The first kappa shape index (κ1) is 34.1. The molecular weight excluding hydrogens is 589 g/mol. The maximum absolute atomic E-state index is 14.3. The minimum atomic E-state index is -3.67. The van der Waals surface area contributed by atoms with E-state index in [0.717, 1.165) is 34.6 Å². The van der Waals surface area contributed by atoms with Gasteiger partial charge in [0.25, 0.3) is 10.1 Å². The standard InChI is InChI=1S/C31H34FN3O4.CH4O3S/c1-20-14-27(39-19-26-18-29(38-4)34-35(26)3)15-21(2)31(20)24-7-5-6-22(16-24)12-13-33-25-10-8-23(28(32)17-25)9-11-30(36)37;1-5(2,3)4/h5-8,10,14-18,33H,9,11-13,19H2,1-4H3,(H,36,37);1H3,(H,2,3,4). The van der Waals surface area contributed by atoms with Gasteiger partial charge in [0.2, 0.25) is 5.88 Å². The van der Waals surface area contributed by atoms with E-state index in [-0.39, 0.29) is 18.7 Å². The van der Waals surface area contributed by atoms with Gasteiger partial charge in [0.15, 0.2) is 0 Å². The Bertz CT molecular complexity index is 1670. The van der Waals surface area contributed by atoms with Crippen LogP contribution in [0.5, 0.6) is 11.6 Å². The highest BCUT2D eigenvalue weighted by Crippen LogP contribution is 2.32. The zero-order valence-electron chi connectivity index (χ0n) is 25.4. The van der Waals surface area contributed by atoms with Crippen molar-refractivity contribution in [1.29, 1.82) is 0 Å². The van der Waals surface area contributed by atoms with Crippen molar-refractivity contribution < 1.29 is 36.7 Å². The first-order valence-electron chi connectivity index (χ1n) is 13.8. The summed E-state index contributed by atoms with van der Waals surface area (Å²) in [5.74, 6) is 0.0414. The molecule has 10 nitrogen and oxygen atoms in total. The van der Waals surface area contributed by atoms with E-state index in [1.165, 1.54) is 17.2 Å². The number of methoxy groups -OCH3 is 1. The summed E-state index contributed by atoms with van der Waals surface area (Å²) in [5, 5.41) is 16.3. The van der Waals surface area contributed by atoms with Crippen LogP contribution in [0.3, 0.4) is 0 Å². The molecule has 0 amide bonds. The molecule has 1 heterocycles. The van der Waals surface area contributed by atoms with Crippen molar-refractivity contribution >= 4 is 21.8 Å². The minimum absolute atomic E-state index is 0.0876. The molecule has 0 aliphatic rings. The Kier molecular flexibility index (Phi) is 11.9. The summed E-state index contributed by atoms with van der Waals surface area (Å²) in [6.45, 7) is 5.21. The van der Waals surface area contributed by atoms with Crippen LogP contribution in [-0.2, 0) is 41.4 Å². The predicted molar refractivity (Wildman–Crippen MR) is 167 cm³/mol. The summed E-state index contributed by atoms with van der Waals surface area (Å²) in [7, 11) is -0.209. The summed E-state index contributed by atoms with van der Waals surface area (Å²) in [4.78, 5) is 10.7. The highest BCUT2D eigenvalue weighted by molar-refractivity contribution is 7.85. The number of carbonyl (C=O) groups is 1. The van der Waals surface area contributed by atoms with Crippen LogP contribution >= 0.6 is 0 Å². The van der Waals surface area contributed by atoms with Gasteiger partial charge in [0, 0.05) is 31.8 Å². The molecule has 1 aromatic heterocycles. The zero-order chi connectivity index (χ0) is 32.4. The van der Waals surface area contributed by atoms with Crippen LogP contribution in [0.2, 0.25) is 0 Å². The van der Waals surface area contributed by atoms with E-state index in [1.54, 1.807) is 23.9 Å². The van der Waals surface area contributed by atoms with Crippen molar-refractivity contribution in [3.05, 3.63) is 94.4 Å². The largest absolute Gasteiger partial charge is 0.487 e. The van der Waals surface area contributed by atoms with Crippen molar-refractivity contribution in [3.63, 3.8) is 0 Å². The zero-order valence-corrected chi connectivity index (χ0v) is 26.2. The van der Waals surface area contributed by atoms with E-state index < -0.39 is 16.1 Å². The predicted octanol–water partition coefficient (Wildman–Crippen LogP) is 5.61. The fourth-order valence-electron chi connectivity index (χ4n) is 4.67. The highest BCUT2D eigenvalue weighted by atomic mass is 32.2. The van der Waals surface area contributed by atoms with Gasteiger partial charge in [-0.25, -0.2) is 4.39 Å². The Labute approximate surface area is 257 Å². The van der Waals surface area contributed by atoms with Crippen LogP contribution in [0.1, 0.15) is 34.4 Å². The number of aliphatic carboxylic acids is 1. The number of rotatable bonds is 12. The second-order valence-corrected chi connectivity index (χ2v) is 11.8. The topological polar surface area (TPSA) is 140 Å². The SMILES string of the molecule is COc1cc(COc2cc(C)c(-c3cccc(CCNc4ccc(CCC(=O)O)c(F)c4)c3)c(C)c2)n(C)n1.CS(=O)(=O)O. The third kappa shape index (κ3) is 10.7. The molecule has 0 aliphatic heterocycles. The second kappa shape index (κ2) is 15.3. The number of carboxylic acids is 1. The normalized spacial score (nSPS) is 11.0. The van der Waals surface area contributed by atoms with Gasteiger partial charge in [0.1, 0.15) is 18.2 Å². The number of nitrogens with one attached hydrogen (secondary N) is 1. The van der Waals surface area contributed by atoms with Crippen LogP contribution in [0.4, 0.5) is 10.1 Å². The lowest BCUT2D eigenvalue weighted by Crippen LogP contribution is -2.06. The molecule has 44 heavy (non-hydrogen) atoms. The van der Waals surface area contributed by atoms with Crippen LogP contribution in [0, 0.1) is 19.7 Å². The number of anilines is 1. The molecule has 3 N–H and O–H groups in total. The van der Waals surface area contributed by atoms with Gasteiger partial charge < -0.3 is 19.9 Å². The molecule has 0 saturated carbocycles. The number of hydrogen-bond donors (Lipinski definition) is 3. The molecule has 4 rings (SSSR count). The smallest absolute Gasteiger partial charge is 0.303 e. The van der Waals surface area contributed by atoms with Gasteiger partial charge in [0.05, 0.1) is 19.1 Å². The molecule has 0 atom stereocenters. The molecule has 12 heteroatoms. The molecule has 0 aliphatic carbocycles. The summed E-state index contributed by atoms with van der Waals surface area (Å²) >= 11 is 0. The van der Waals surface area contributed by atoms with E-state index in [4.69, 9.17) is 19.1 Å². The van der Waals surface area contributed by atoms with Crippen LogP contribution < -0.4 is 14.8 Å². The Morgan fingerprint density at radius 2 is 1.73 bits per heavy atom. The van der Waals surface area contributed by atoms with Gasteiger partial charge in [-0.1, -0.05) is 30.3 Å². The van der Waals surface area contributed by atoms with Gasteiger partial charge in [-0.05, 0) is 84.3 Å². The number of aryl methyl sites for hydroxylation is 4. The molecule has 0 spiro atoms. The summed E-state index contributed by atoms with van der Waals surface area (Å²) in [6.07, 6.45) is 1.58. The van der Waals surface area contributed by atoms with Crippen LogP contribution in [-0.4, -0.2) is 53.7 Å². The molecule has 0 fully saturated rings. The van der Waals surface area contributed by atoms with E-state index >= 15 is 0 Å². The van der Waals surface area contributed by atoms with Crippen molar-refractivity contribution in [1.82, 2.24) is 9.78 Å². The maximum atomic E-state index is 14.3. The van der Waals surface area contributed by atoms with E-state index in [2.05, 4.69) is 60.7 Å². The monoisotopic (exact) mass is 627 g/mol. The van der Waals surface area contributed by atoms with E-state index in [1.807, 2.05) is 13.1 Å². The van der Waals surface area contributed by atoms with Crippen LogP contribution in [0.25, 0.3) is 11.1 Å². The Balaban J connectivity index is 0.000000978. The first-order chi connectivity index (χ1) is 20.7. The molecule has 0 radical (unpaired) electrons. The quantitative estimate of drug-likeness (QED) is 0.171. The van der Waals surface area contributed by atoms with Gasteiger partial charge in [-0.15, -0.1) is 5.10 Å². The third-order valence-electron chi connectivity index (χ3n) is 6.68. The first-order valence-corrected chi connectivity index (χ1v) is 15.6.